The van der Waals surface area contributed by atoms with E-state index in [4.69, 9.17) is 16.3 Å². The van der Waals surface area contributed by atoms with Crippen molar-refractivity contribution < 1.29 is 9.53 Å². The highest BCUT2D eigenvalue weighted by molar-refractivity contribution is 6.18. The molecule has 0 aliphatic rings. The number of nitrogens with one attached hydrogen (secondary N) is 1. The van der Waals surface area contributed by atoms with Crippen molar-refractivity contribution in [2.24, 2.45) is 0 Å². The SMILES string of the molecule is COc1ncccc1NC(=O)CCCCl. The van der Waals surface area contributed by atoms with Crippen LogP contribution in [0.1, 0.15) is 12.8 Å². The third-order valence-electron chi connectivity index (χ3n) is 1.78. The Morgan fingerprint density at radius 3 is 3.13 bits per heavy atom. The summed E-state index contributed by atoms with van der Waals surface area (Å²) in [5.74, 6) is 0.816. The lowest BCUT2D eigenvalue weighted by Gasteiger charge is -2.07. The highest BCUT2D eigenvalue weighted by atomic mass is 35.5. The predicted molar refractivity (Wildman–Crippen MR) is 59.4 cm³/mol. The molecule has 1 aromatic heterocycles. The number of rotatable bonds is 5. The number of halogens is 1. The summed E-state index contributed by atoms with van der Waals surface area (Å²) in [6.45, 7) is 0. The first-order valence-corrected chi connectivity index (χ1v) is 5.16. The van der Waals surface area contributed by atoms with Gasteiger partial charge >= 0.3 is 0 Å². The Morgan fingerprint density at radius 2 is 2.47 bits per heavy atom. The zero-order valence-electron chi connectivity index (χ0n) is 8.50. The molecule has 0 radical (unpaired) electrons. The summed E-state index contributed by atoms with van der Waals surface area (Å²) in [6, 6.07) is 3.48. The molecule has 1 heterocycles. The van der Waals surface area contributed by atoms with E-state index < -0.39 is 0 Å². The normalized spacial score (nSPS) is 9.73. The van der Waals surface area contributed by atoms with Crippen molar-refractivity contribution in [2.75, 3.05) is 18.3 Å². The number of nitrogens with zero attached hydrogens (tertiary/aromatic N) is 1. The molecule has 0 aromatic carbocycles. The maximum atomic E-state index is 11.4. The molecule has 0 atom stereocenters. The van der Waals surface area contributed by atoms with Crippen LogP contribution in [0.2, 0.25) is 0 Å². The van der Waals surface area contributed by atoms with Gasteiger partial charge in [0.15, 0.2) is 0 Å². The molecule has 0 aliphatic carbocycles. The van der Waals surface area contributed by atoms with Crippen LogP contribution in [0, 0.1) is 0 Å². The summed E-state index contributed by atoms with van der Waals surface area (Å²) in [4.78, 5) is 15.4. The fraction of sp³-hybridized carbons (Fsp3) is 0.400. The molecule has 1 amide bonds. The minimum Gasteiger partial charge on any atom is -0.480 e. The van der Waals surface area contributed by atoms with E-state index in [9.17, 15) is 4.79 Å². The van der Waals surface area contributed by atoms with Crippen molar-refractivity contribution in [1.82, 2.24) is 4.98 Å². The molecule has 0 aliphatic heterocycles. The molecule has 1 aromatic rings. The summed E-state index contributed by atoms with van der Waals surface area (Å²) >= 11 is 5.49. The minimum absolute atomic E-state index is 0.0815. The van der Waals surface area contributed by atoms with E-state index >= 15 is 0 Å². The van der Waals surface area contributed by atoms with Crippen LogP contribution in [0.3, 0.4) is 0 Å². The smallest absolute Gasteiger partial charge is 0.237 e. The molecule has 5 heteroatoms. The molecule has 0 spiro atoms. The van der Waals surface area contributed by atoms with Gasteiger partial charge in [-0.15, -0.1) is 11.6 Å². The molecule has 0 bridgehead atoms. The van der Waals surface area contributed by atoms with Gasteiger partial charge in [-0.05, 0) is 18.6 Å². The number of carbonyl (C=O) groups is 1. The van der Waals surface area contributed by atoms with Crippen molar-refractivity contribution >= 4 is 23.2 Å². The average molecular weight is 229 g/mol. The molecular weight excluding hydrogens is 216 g/mol. The monoisotopic (exact) mass is 228 g/mol. The molecule has 0 fully saturated rings. The standard InChI is InChI=1S/C10H13ClN2O2/c1-15-10-8(4-3-7-12-10)13-9(14)5-2-6-11/h3-4,7H,2,5-6H2,1H3,(H,13,14). The Bertz CT molecular complexity index is 331. The van der Waals surface area contributed by atoms with E-state index in [0.717, 1.165) is 0 Å². The van der Waals surface area contributed by atoms with E-state index in [2.05, 4.69) is 10.3 Å². The van der Waals surface area contributed by atoms with Gasteiger partial charge in [0.05, 0.1) is 7.11 Å². The van der Waals surface area contributed by atoms with Gasteiger partial charge in [0.25, 0.3) is 0 Å². The molecule has 1 rings (SSSR count). The van der Waals surface area contributed by atoms with Crippen LogP contribution in [-0.4, -0.2) is 23.9 Å². The summed E-state index contributed by atoms with van der Waals surface area (Å²) in [5.41, 5.74) is 0.583. The van der Waals surface area contributed by atoms with Gasteiger partial charge < -0.3 is 10.1 Å². The number of anilines is 1. The van der Waals surface area contributed by atoms with E-state index in [0.29, 0.717) is 30.3 Å². The van der Waals surface area contributed by atoms with Crippen molar-refractivity contribution in [3.63, 3.8) is 0 Å². The second-order valence-electron chi connectivity index (χ2n) is 2.90. The van der Waals surface area contributed by atoms with Gasteiger partial charge in [-0.25, -0.2) is 4.98 Å². The van der Waals surface area contributed by atoms with Gasteiger partial charge in [-0.3, -0.25) is 4.79 Å². The fourth-order valence-electron chi connectivity index (χ4n) is 1.09. The molecule has 0 saturated heterocycles. The lowest BCUT2D eigenvalue weighted by Crippen LogP contribution is -2.12. The molecule has 1 N–H and O–H groups in total. The van der Waals surface area contributed by atoms with Crippen LogP contribution in [0.25, 0.3) is 0 Å². The van der Waals surface area contributed by atoms with E-state index in [-0.39, 0.29) is 5.91 Å². The van der Waals surface area contributed by atoms with Gasteiger partial charge in [-0.1, -0.05) is 0 Å². The van der Waals surface area contributed by atoms with Crippen LogP contribution in [0.5, 0.6) is 5.88 Å². The minimum atomic E-state index is -0.0815. The number of hydrogen-bond donors (Lipinski definition) is 1. The largest absolute Gasteiger partial charge is 0.480 e. The van der Waals surface area contributed by atoms with Crippen LogP contribution in [0.15, 0.2) is 18.3 Å². The number of aromatic nitrogens is 1. The van der Waals surface area contributed by atoms with Crippen LogP contribution in [-0.2, 0) is 4.79 Å². The number of methoxy groups -OCH3 is 1. The van der Waals surface area contributed by atoms with Crippen molar-refractivity contribution in [3.8, 4) is 5.88 Å². The maximum absolute atomic E-state index is 11.4. The summed E-state index contributed by atoms with van der Waals surface area (Å²) in [7, 11) is 1.51. The molecule has 0 unspecified atom stereocenters. The molecular formula is C10H13ClN2O2. The zero-order valence-corrected chi connectivity index (χ0v) is 9.25. The lowest BCUT2D eigenvalue weighted by molar-refractivity contribution is -0.116. The van der Waals surface area contributed by atoms with E-state index in [1.54, 1.807) is 18.3 Å². The Hall–Kier alpha value is -1.29. The number of carbonyl (C=O) groups excluding carboxylic acids is 1. The predicted octanol–water partition coefficient (Wildman–Crippen LogP) is 2.05. The first-order valence-electron chi connectivity index (χ1n) is 4.62. The van der Waals surface area contributed by atoms with Gasteiger partial charge in [0.1, 0.15) is 5.69 Å². The van der Waals surface area contributed by atoms with E-state index in [1.807, 2.05) is 0 Å². The summed E-state index contributed by atoms with van der Waals surface area (Å²) < 4.78 is 5.00. The lowest BCUT2D eigenvalue weighted by atomic mass is 10.3. The molecule has 82 valence electrons. The van der Waals surface area contributed by atoms with Gasteiger partial charge in [0, 0.05) is 18.5 Å². The number of amides is 1. The zero-order chi connectivity index (χ0) is 11.1. The van der Waals surface area contributed by atoms with Crippen molar-refractivity contribution in [3.05, 3.63) is 18.3 Å². The van der Waals surface area contributed by atoms with Gasteiger partial charge in [-0.2, -0.15) is 0 Å². The summed E-state index contributed by atoms with van der Waals surface area (Å²) in [6.07, 6.45) is 2.67. The average Bonchev–Trinajstić information content (AvgIpc) is 2.27. The summed E-state index contributed by atoms with van der Waals surface area (Å²) in [5, 5.41) is 2.71. The number of alkyl halides is 1. The fourth-order valence-corrected chi connectivity index (χ4v) is 1.22. The van der Waals surface area contributed by atoms with E-state index in [1.165, 1.54) is 7.11 Å². The maximum Gasteiger partial charge on any atom is 0.237 e. The number of pyridine rings is 1. The Kier molecular flexibility index (Phi) is 4.90. The second-order valence-corrected chi connectivity index (χ2v) is 3.28. The number of ether oxygens (including phenoxy) is 1. The molecule has 15 heavy (non-hydrogen) atoms. The van der Waals surface area contributed by atoms with Gasteiger partial charge in [0.2, 0.25) is 11.8 Å². The quantitative estimate of drug-likeness (QED) is 0.785. The highest BCUT2D eigenvalue weighted by Gasteiger charge is 2.06. The first kappa shape index (κ1) is 11.8. The Morgan fingerprint density at radius 1 is 1.67 bits per heavy atom. The molecule has 0 saturated carbocycles. The third kappa shape index (κ3) is 3.75. The Labute approximate surface area is 93.6 Å². The van der Waals surface area contributed by atoms with Crippen LogP contribution >= 0.6 is 11.6 Å². The van der Waals surface area contributed by atoms with Crippen molar-refractivity contribution in [2.45, 2.75) is 12.8 Å². The first-order chi connectivity index (χ1) is 7.27. The third-order valence-corrected chi connectivity index (χ3v) is 2.04. The second kappa shape index (κ2) is 6.24. The van der Waals surface area contributed by atoms with Crippen LogP contribution in [0.4, 0.5) is 5.69 Å². The topological polar surface area (TPSA) is 51.2 Å². The number of hydrogen-bond acceptors (Lipinski definition) is 3. The highest BCUT2D eigenvalue weighted by Crippen LogP contribution is 2.19. The Balaban J connectivity index is 2.59. The molecule has 4 nitrogen and oxygen atoms in total. The van der Waals surface area contributed by atoms with Crippen LogP contribution < -0.4 is 10.1 Å². The van der Waals surface area contributed by atoms with Crippen molar-refractivity contribution in [1.29, 1.82) is 0 Å².